The van der Waals surface area contributed by atoms with Crippen molar-refractivity contribution in [1.29, 1.82) is 0 Å². The van der Waals surface area contributed by atoms with Gasteiger partial charge in [0, 0.05) is 26.2 Å². The Bertz CT molecular complexity index is 519. The molecule has 0 saturated carbocycles. The van der Waals surface area contributed by atoms with E-state index in [1.807, 2.05) is 6.92 Å². The Balaban J connectivity index is 2.77. The van der Waals surface area contributed by atoms with Gasteiger partial charge < -0.3 is 15.0 Å². The third kappa shape index (κ3) is 4.71. The maximum atomic E-state index is 11.9. The molecule has 1 aromatic rings. The lowest BCUT2D eigenvalue weighted by Crippen LogP contribution is -2.42. The lowest BCUT2D eigenvalue weighted by Gasteiger charge is -2.20. The average molecular weight is 295 g/mol. The van der Waals surface area contributed by atoms with Crippen molar-refractivity contribution in [3.05, 3.63) is 33.9 Å². The number of nitrogens with one attached hydrogen (secondary N) is 1. The fraction of sp³-hybridized carbons (Fsp3) is 0.500. The first-order valence-corrected chi connectivity index (χ1v) is 6.69. The Labute approximate surface area is 124 Å². The largest absolute Gasteiger partial charge is 0.496 e. The summed E-state index contributed by atoms with van der Waals surface area (Å²) in [6.07, 6.45) is 0. The molecule has 0 fully saturated rings. The molecule has 1 amide bonds. The zero-order valence-corrected chi connectivity index (χ0v) is 12.8. The van der Waals surface area contributed by atoms with Gasteiger partial charge in [0.2, 0.25) is 5.91 Å². The molecule has 116 valence electrons. The van der Waals surface area contributed by atoms with Gasteiger partial charge in [-0.05, 0) is 25.5 Å². The maximum absolute atomic E-state index is 11.9. The minimum absolute atomic E-state index is 0.0186. The third-order valence-electron chi connectivity index (χ3n) is 3.23. The van der Waals surface area contributed by atoms with Crippen LogP contribution in [0.3, 0.4) is 0 Å². The van der Waals surface area contributed by atoms with Crippen LogP contribution in [0.4, 0.5) is 5.69 Å². The SMILES string of the molecule is CCN(C)C(=O)C(C)NCc1cc(OC)cc([N+](=O)[O-])c1. The summed E-state index contributed by atoms with van der Waals surface area (Å²) in [5.74, 6) is 0.403. The fourth-order valence-corrected chi connectivity index (χ4v) is 1.81. The van der Waals surface area contributed by atoms with Crippen molar-refractivity contribution in [1.82, 2.24) is 10.2 Å². The maximum Gasteiger partial charge on any atom is 0.273 e. The van der Waals surface area contributed by atoms with Crippen molar-refractivity contribution in [2.24, 2.45) is 0 Å². The summed E-state index contributed by atoms with van der Waals surface area (Å²) in [5.41, 5.74) is 0.663. The van der Waals surface area contributed by atoms with Crippen molar-refractivity contribution in [3.63, 3.8) is 0 Å². The molecule has 7 nitrogen and oxygen atoms in total. The van der Waals surface area contributed by atoms with Gasteiger partial charge in [-0.25, -0.2) is 0 Å². The van der Waals surface area contributed by atoms with Crippen LogP contribution in [-0.4, -0.2) is 42.5 Å². The Hall–Kier alpha value is -2.15. The van der Waals surface area contributed by atoms with Crippen molar-refractivity contribution < 1.29 is 14.5 Å². The molecular formula is C14H21N3O4. The lowest BCUT2D eigenvalue weighted by atomic mass is 10.1. The van der Waals surface area contributed by atoms with Crippen LogP contribution in [0.25, 0.3) is 0 Å². The van der Waals surface area contributed by atoms with Gasteiger partial charge in [0.1, 0.15) is 5.75 Å². The zero-order valence-electron chi connectivity index (χ0n) is 12.8. The first-order valence-electron chi connectivity index (χ1n) is 6.69. The molecule has 0 aliphatic heterocycles. The van der Waals surface area contributed by atoms with Gasteiger partial charge in [0.25, 0.3) is 5.69 Å². The van der Waals surface area contributed by atoms with Gasteiger partial charge in [0.05, 0.1) is 24.1 Å². The highest BCUT2D eigenvalue weighted by Gasteiger charge is 2.16. The zero-order chi connectivity index (χ0) is 16.0. The van der Waals surface area contributed by atoms with E-state index in [1.54, 1.807) is 24.9 Å². The van der Waals surface area contributed by atoms with E-state index in [0.29, 0.717) is 24.4 Å². The van der Waals surface area contributed by atoms with Crippen LogP contribution in [0, 0.1) is 10.1 Å². The summed E-state index contributed by atoms with van der Waals surface area (Å²) < 4.78 is 5.05. The van der Waals surface area contributed by atoms with E-state index >= 15 is 0 Å². The predicted octanol–water partition coefficient (Wildman–Crippen LogP) is 1.56. The van der Waals surface area contributed by atoms with Gasteiger partial charge in [-0.3, -0.25) is 14.9 Å². The summed E-state index contributed by atoms with van der Waals surface area (Å²) in [7, 11) is 3.19. The number of amides is 1. The molecule has 21 heavy (non-hydrogen) atoms. The van der Waals surface area contributed by atoms with Crippen molar-refractivity contribution in [2.75, 3.05) is 20.7 Å². The minimum atomic E-state index is -0.467. The molecule has 0 spiro atoms. The normalized spacial score (nSPS) is 11.8. The van der Waals surface area contributed by atoms with E-state index in [-0.39, 0.29) is 17.6 Å². The molecule has 0 radical (unpaired) electrons. The van der Waals surface area contributed by atoms with Crippen LogP contribution < -0.4 is 10.1 Å². The average Bonchev–Trinajstić information content (AvgIpc) is 2.50. The number of ether oxygens (including phenoxy) is 1. The summed E-state index contributed by atoms with van der Waals surface area (Å²) in [5, 5.41) is 13.9. The first-order chi connectivity index (χ1) is 9.88. The van der Waals surface area contributed by atoms with Crippen LogP contribution in [0.2, 0.25) is 0 Å². The second kappa shape index (κ2) is 7.58. The topological polar surface area (TPSA) is 84.7 Å². The quantitative estimate of drug-likeness (QED) is 0.609. The molecule has 1 unspecified atom stereocenters. The summed E-state index contributed by atoms with van der Waals surface area (Å²) >= 11 is 0. The smallest absolute Gasteiger partial charge is 0.273 e. The van der Waals surface area contributed by atoms with Gasteiger partial charge >= 0.3 is 0 Å². The van der Waals surface area contributed by atoms with E-state index in [0.717, 1.165) is 0 Å². The van der Waals surface area contributed by atoms with E-state index in [9.17, 15) is 14.9 Å². The number of hydrogen-bond donors (Lipinski definition) is 1. The standard InChI is InChI=1S/C14H21N3O4/c1-5-16(3)14(18)10(2)15-9-11-6-12(17(19)20)8-13(7-11)21-4/h6-8,10,15H,5,9H2,1-4H3. The predicted molar refractivity (Wildman–Crippen MR) is 79.3 cm³/mol. The van der Waals surface area contributed by atoms with Crippen molar-refractivity contribution in [3.8, 4) is 5.75 Å². The Morgan fingerprint density at radius 3 is 2.67 bits per heavy atom. The molecule has 0 aromatic heterocycles. The molecule has 1 N–H and O–H groups in total. The highest BCUT2D eigenvalue weighted by Crippen LogP contribution is 2.22. The number of nitro benzene ring substituents is 1. The van der Waals surface area contributed by atoms with Gasteiger partial charge in [-0.15, -0.1) is 0 Å². The van der Waals surface area contributed by atoms with Crippen LogP contribution in [0.15, 0.2) is 18.2 Å². The fourth-order valence-electron chi connectivity index (χ4n) is 1.81. The second-order valence-electron chi connectivity index (χ2n) is 4.75. The Morgan fingerprint density at radius 1 is 1.48 bits per heavy atom. The number of likely N-dealkylation sites (N-methyl/N-ethyl adjacent to an activating group) is 1. The number of nitrogens with zero attached hydrogens (tertiary/aromatic N) is 2. The summed E-state index contributed by atoms with van der Waals surface area (Å²) in [4.78, 5) is 23.9. The molecular weight excluding hydrogens is 274 g/mol. The number of nitro groups is 1. The number of carbonyl (C=O) groups excluding carboxylic acids is 1. The number of rotatable bonds is 7. The van der Waals surface area contributed by atoms with Gasteiger partial charge in [-0.2, -0.15) is 0 Å². The number of carbonyl (C=O) groups is 1. The summed E-state index contributed by atoms with van der Waals surface area (Å²) in [6.45, 7) is 4.65. The van der Waals surface area contributed by atoms with Crippen LogP contribution in [-0.2, 0) is 11.3 Å². The summed E-state index contributed by atoms with van der Waals surface area (Å²) in [6, 6.07) is 4.18. The number of methoxy groups -OCH3 is 1. The van der Waals surface area contributed by atoms with Gasteiger partial charge in [0.15, 0.2) is 0 Å². The van der Waals surface area contributed by atoms with Gasteiger partial charge in [-0.1, -0.05) is 0 Å². The minimum Gasteiger partial charge on any atom is -0.496 e. The molecule has 0 aliphatic rings. The van der Waals surface area contributed by atoms with Crippen LogP contribution >= 0.6 is 0 Å². The first kappa shape index (κ1) is 16.9. The molecule has 0 bridgehead atoms. The molecule has 1 rings (SSSR count). The molecule has 7 heteroatoms. The van der Waals surface area contributed by atoms with Crippen LogP contribution in [0.1, 0.15) is 19.4 Å². The number of hydrogen-bond acceptors (Lipinski definition) is 5. The second-order valence-corrected chi connectivity index (χ2v) is 4.75. The molecule has 1 aromatic carbocycles. The van der Waals surface area contributed by atoms with Crippen molar-refractivity contribution in [2.45, 2.75) is 26.4 Å². The number of non-ortho nitro benzene ring substituents is 1. The van der Waals surface area contributed by atoms with E-state index in [1.165, 1.54) is 19.2 Å². The molecule has 0 aliphatic carbocycles. The van der Waals surface area contributed by atoms with Crippen molar-refractivity contribution >= 4 is 11.6 Å². The highest BCUT2D eigenvalue weighted by molar-refractivity contribution is 5.81. The lowest BCUT2D eigenvalue weighted by molar-refractivity contribution is -0.385. The van der Waals surface area contributed by atoms with E-state index in [2.05, 4.69) is 5.32 Å². The Kier molecular flexibility index (Phi) is 6.10. The highest BCUT2D eigenvalue weighted by atomic mass is 16.6. The van der Waals surface area contributed by atoms with Crippen LogP contribution in [0.5, 0.6) is 5.75 Å². The molecule has 1 atom stereocenters. The molecule has 0 heterocycles. The number of benzene rings is 1. The monoisotopic (exact) mass is 295 g/mol. The molecule has 0 saturated heterocycles. The third-order valence-corrected chi connectivity index (χ3v) is 3.23. The van der Waals surface area contributed by atoms with E-state index in [4.69, 9.17) is 4.74 Å². The van der Waals surface area contributed by atoms with E-state index < -0.39 is 4.92 Å². The Morgan fingerprint density at radius 2 is 2.14 bits per heavy atom.